The van der Waals surface area contributed by atoms with Gasteiger partial charge in [-0.15, -0.1) is 118 Å². The van der Waals surface area contributed by atoms with Crippen LogP contribution in [0.15, 0.2) is 118 Å². The minimum absolute atomic E-state index is 0.0648. The lowest BCUT2D eigenvalue weighted by atomic mass is 10.4. The van der Waals surface area contributed by atoms with Gasteiger partial charge >= 0.3 is 10.4 Å². The molecule has 3 N–H and O–H groups in total. The smallest absolute Gasteiger partial charge is 0.394 e. The average Bonchev–Trinajstić information content (AvgIpc) is 2.99. The highest BCUT2D eigenvalue weighted by molar-refractivity contribution is 7.80. The molecule has 0 bridgehead atoms. The molecule has 0 aliphatic rings. The minimum atomic E-state index is -4.20. The van der Waals surface area contributed by atoms with Crippen molar-refractivity contribution in [2.75, 3.05) is 33.0 Å². The Labute approximate surface area is 227 Å². The Morgan fingerprint density at radius 2 is 0.778 bits per heavy atom. The zero-order chi connectivity index (χ0) is 32.9. The first-order valence-electron chi connectivity index (χ1n) is 10.3. The average molecular weight is 543 g/mol. The molecule has 0 aromatic carbocycles. The Bertz CT molecular complexity index is 306. The topological polar surface area (TPSA) is 113 Å². The maximum Gasteiger partial charge on any atom is 0.397 e. The van der Waals surface area contributed by atoms with E-state index in [0.29, 0.717) is 6.42 Å². The third kappa shape index (κ3) is 707. The summed E-state index contributed by atoms with van der Waals surface area (Å²) in [5, 5.41) is 15.2. The first-order valence-corrected chi connectivity index (χ1v) is 11.7. The fraction of sp³-hybridized carbons (Fsp3) is 0.357. The summed E-state index contributed by atoms with van der Waals surface area (Å²) in [7, 11) is -4.20. The fourth-order valence-corrected chi connectivity index (χ4v) is 0.841. The second-order valence-electron chi connectivity index (χ2n) is 2.83. The Morgan fingerprint density at radius 1 is 0.556 bits per heavy atom. The third-order valence-electron chi connectivity index (χ3n) is 1.24. The van der Waals surface area contributed by atoms with Crippen LogP contribution in [0, 0.1) is 0 Å². The molecule has 0 radical (unpaired) electrons. The number of aliphatic hydroxyl groups is 2. The lowest BCUT2D eigenvalue weighted by molar-refractivity contribution is 0.162. The summed E-state index contributed by atoms with van der Waals surface area (Å²) >= 11 is 0. The van der Waals surface area contributed by atoms with Crippen molar-refractivity contribution in [3.05, 3.63) is 118 Å². The molecule has 0 spiro atoms. The molecule has 0 saturated heterocycles. The third-order valence-corrected chi connectivity index (χ3v) is 1.70. The van der Waals surface area contributed by atoms with Gasteiger partial charge in [0.05, 0.1) is 19.8 Å². The highest BCUT2D eigenvalue weighted by Gasteiger charge is 2.00. The van der Waals surface area contributed by atoms with Gasteiger partial charge in [-0.05, 0) is 20.3 Å². The highest BCUT2D eigenvalue weighted by Crippen LogP contribution is 1.91. The van der Waals surface area contributed by atoms with Crippen LogP contribution >= 0.6 is 0 Å². The predicted octanol–water partition coefficient (Wildman–Crippen LogP) is 7.84. The number of rotatable bonds is 7. The minimum Gasteiger partial charge on any atom is -0.394 e. The van der Waals surface area contributed by atoms with Crippen LogP contribution in [0.4, 0.5) is 0 Å². The van der Waals surface area contributed by atoms with Crippen molar-refractivity contribution in [1.29, 1.82) is 0 Å². The monoisotopic (exact) mass is 542 g/mol. The van der Waals surface area contributed by atoms with Crippen molar-refractivity contribution >= 4 is 10.4 Å². The zero-order valence-corrected chi connectivity index (χ0v) is 24.9. The standard InChI is InChI=1S/C4H10O4S.C4H10O.C2H6O2.9C2H4/c1-2-3-4-8-9(5,6)7;1-3-5-4-2;3-1-2-4;9*1-2/h2-4H2,1H3,(H,5,6,7);3-4H2,1-2H3;3-4H,1-2H2;9*1-2H2. The van der Waals surface area contributed by atoms with Crippen LogP contribution in [0.3, 0.4) is 0 Å². The Balaban J connectivity index is -0.0000000188. The molecule has 0 amide bonds. The lowest BCUT2D eigenvalue weighted by Crippen LogP contribution is -2.04. The molecular formula is C28H62O7S. The molecule has 0 aromatic rings. The highest BCUT2D eigenvalue weighted by atomic mass is 32.3. The first-order chi connectivity index (χ1) is 17.4. The van der Waals surface area contributed by atoms with Crippen LogP contribution in [-0.4, -0.2) is 56.2 Å². The van der Waals surface area contributed by atoms with Crippen LogP contribution in [0.2, 0.25) is 0 Å². The van der Waals surface area contributed by atoms with E-state index in [1.807, 2.05) is 20.8 Å². The summed E-state index contributed by atoms with van der Waals surface area (Å²) in [5.41, 5.74) is 0. The number of ether oxygens (including phenoxy) is 1. The summed E-state index contributed by atoms with van der Waals surface area (Å²) in [4.78, 5) is 0. The molecule has 0 aliphatic heterocycles. The second-order valence-corrected chi connectivity index (χ2v) is 3.92. The number of hydrogen-bond acceptors (Lipinski definition) is 6. The van der Waals surface area contributed by atoms with Crippen LogP contribution in [0.25, 0.3) is 0 Å². The SMILES string of the molecule is C=C.C=C.C=C.C=C.C=C.C=C.C=C.C=C.C=C.CCCCOS(=O)(=O)O.CCOCC.OCCO. The Hall–Kier alpha value is -2.59. The maximum atomic E-state index is 9.84. The van der Waals surface area contributed by atoms with Crippen molar-refractivity contribution in [1.82, 2.24) is 0 Å². The molecule has 0 heterocycles. The van der Waals surface area contributed by atoms with Gasteiger partial charge in [0.1, 0.15) is 0 Å². The van der Waals surface area contributed by atoms with Gasteiger partial charge in [-0.25, -0.2) is 4.18 Å². The largest absolute Gasteiger partial charge is 0.397 e. The van der Waals surface area contributed by atoms with Gasteiger partial charge in [0.25, 0.3) is 0 Å². The van der Waals surface area contributed by atoms with E-state index in [4.69, 9.17) is 19.5 Å². The quantitative estimate of drug-likeness (QED) is 0.170. The van der Waals surface area contributed by atoms with Gasteiger partial charge < -0.3 is 14.9 Å². The van der Waals surface area contributed by atoms with E-state index in [1.54, 1.807) is 0 Å². The van der Waals surface area contributed by atoms with Crippen LogP contribution < -0.4 is 0 Å². The van der Waals surface area contributed by atoms with E-state index in [-0.39, 0.29) is 19.8 Å². The first kappa shape index (κ1) is 76.6. The molecule has 0 saturated carbocycles. The molecule has 0 aromatic heterocycles. The van der Waals surface area contributed by atoms with E-state index in [1.165, 1.54) is 0 Å². The molecule has 0 aliphatic carbocycles. The molecule has 0 rings (SSSR count). The van der Waals surface area contributed by atoms with E-state index < -0.39 is 10.4 Å². The molecule has 7 nitrogen and oxygen atoms in total. The normalized spacial score (nSPS) is 5.94. The van der Waals surface area contributed by atoms with Crippen molar-refractivity contribution in [2.45, 2.75) is 33.6 Å². The summed E-state index contributed by atoms with van der Waals surface area (Å²) in [6, 6.07) is 0. The lowest BCUT2D eigenvalue weighted by Gasteiger charge is -1.95. The van der Waals surface area contributed by atoms with Crippen molar-refractivity contribution in [2.24, 2.45) is 0 Å². The molecular weight excluding hydrogens is 480 g/mol. The summed E-state index contributed by atoms with van der Waals surface area (Å²) in [6.45, 7) is 61.4. The van der Waals surface area contributed by atoms with Crippen molar-refractivity contribution in [3.8, 4) is 0 Å². The van der Waals surface area contributed by atoms with Crippen molar-refractivity contribution in [3.63, 3.8) is 0 Å². The van der Waals surface area contributed by atoms with Crippen LogP contribution in [0.5, 0.6) is 0 Å². The van der Waals surface area contributed by atoms with E-state index in [2.05, 4.69) is 123 Å². The van der Waals surface area contributed by atoms with Gasteiger partial charge in [0.15, 0.2) is 0 Å². The van der Waals surface area contributed by atoms with Crippen LogP contribution in [-0.2, 0) is 19.3 Å². The molecule has 222 valence electrons. The summed E-state index contributed by atoms with van der Waals surface area (Å²) in [6.07, 6.45) is 1.48. The second kappa shape index (κ2) is 208. The van der Waals surface area contributed by atoms with Gasteiger partial charge in [-0.3, -0.25) is 4.55 Å². The number of hydrogen-bond donors (Lipinski definition) is 3. The van der Waals surface area contributed by atoms with Gasteiger partial charge in [-0.1, -0.05) is 13.3 Å². The molecule has 0 unspecified atom stereocenters. The number of unbranched alkanes of at least 4 members (excludes halogenated alkanes) is 1. The Kier molecular flexibility index (Phi) is 442. The molecule has 36 heavy (non-hydrogen) atoms. The van der Waals surface area contributed by atoms with E-state index >= 15 is 0 Å². The van der Waals surface area contributed by atoms with Crippen LogP contribution in [0.1, 0.15) is 33.6 Å². The summed E-state index contributed by atoms with van der Waals surface area (Å²) < 4.78 is 36.5. The van der Waals surface area contributed by atoms with Gasteiger partial charge in [-0.2, -0.15) is 8.42 Å². The summed E-state index contributed by atoms with van der Waals surface area (Å²) in [5.74, 6) is 0. The number of aliphatic hydroxyl groups excluding tert-OH is 2. The van der Waals surface area contributed by atoms with Gasteiger partial charge in [0.2, 0.25) is 0 Å². The predicted molar refractivity (Wildman–Crippen MR) is 170 cm³/mol. The fourth-order valence-electron chi connectivity index (χ4n) is 0.513. The maximum absolute atomic E-state index is 9.84. The van der Waals surface area contributed by atoms with Gasteiger partial charge in [0, 0.05) is 13.2 Å². The van der Waals surface area contributed by atoms with E-state index in [9.17, 15) is 8.42 Å². The zero-order valence-electron chi connectivity index (χ0n) is 24.1. The molecule has 0 fully saturated rings. The van der Waals surface area contributed by atoms with E-state index in [0.717, 1.165) is 19.6 Å². The molecule has 8 heteroatoms. The van der Waals surface area contributed by atoms with Crippen molar-refractivity contribution < 1.29 is 32.1 Å². The Morgan fingerprint density at radius 3 is 0.861 bits per heavy atom. The molecule has 0 atom stereocenters.